The first-order valence-corrected chi connectivity index (χ1v) is 8.02. The van der Waals surface area contributed by atoms with Crippen LogP contribution < -0.4 is 5.32 Å². The van der Waals surface area contributed by atoms with E-state index in [1.165, 1.54) is 4.68 Å². The zero-order valence-corrected chi connectivity index (χ0v) is 13.8. The van der Waals surface area contributed by atoms with Crippen molar-refractivity contribution in [1.82, 2.24) is 15.1 Å². The van der Waals surface area contributed by atoms with Gasteiger partial charge in [0.1, 0.15) is 0 Å². The molecule has 1 N–H and O–H groups in total. The molecule has 2 heterocycles. The summed E-state index contributed by atoms with van der Waals surface area (Å²) in [6.07, 6.45) is -4.17. The first kappa shape index (κ1) is 17.8. The Bertz CT molecular complexity index is 789. The number of halogens is 4. The standard InChI is InChI=1S/C16H15ClF3N3O2/c17-12-4-2-1-3-10(12)15(24)21-6-7-23-13-5-8-25-9-11(13)14(22-23)16(18,19)20/h1-4H,5-9H2,(H,21,24). The number of hydrogen-bond donors (Lipinski definition) is 1. The minimum absolute atomic E-state index is 0.0798. The van der Waals surface area contributed by atoms with Gasteiger partial charge >= 0.3 is 6.18 Å². The molecule has 1 amide bonds. The summed E-state index contributed by atoms with van der Waals surface area (Å²) in [6, 6.07) is 6.55. The van der Waals surface area contributed by atoms with Crippen LogP contribution in [0.1, 0.15) is 27.3 Å². The molecule has 0 unspecified atom stereocenters. The van der Waals surface area contributed by atoms with Crippen molar-refractivity contribution in [3.63, 3.8) is 0 Å². The molecule has 1 aromatic carbocycles. The predicted octanol–water partition coefficient (Wildman–Crippen LogP) is 3.06. The minimum Gasteiger partial charge on any atom is -0.376 e. The van der Waals surface area contributed by atoms with Gasteiger partial charge in [-0.2, -0.15) is 18.3 Å². The molecule has 1 aliphatic rings. The quantitative estimate of drug-likeness (QED) is 0.896. The van der Waals surface area contributed by atoms with Crippen LogP contribution in [-0.4, -0.2) is 28.8 Å². The largest absolute Gasteiger partial charge is 0.435 e. The Labute approximate surface area is 146 Å². The second-order valence-corrected chi connectivity index (χ2v) is 5.94. The van der Waals surface area contributed by atoms with Crippen LogP contribution in [0, 0.1) is 0 Å². The van der Waals surface area contributed by atoms with E-state index in [0.717, 1.165) is 0 Å². The lowest BCUT2D eigenvalue weighted by Gasteiger charge is -2.15. The molecule has 1 aliphatic heterocycles. The van der Waals surface area contributed by atoms with Crippen LogP contribution in [0.4, 0.5) is 13.2 Å². The summed E-state index contributed by atoms with van der Waals surface area (Å²) >= 11 is 5.95. The van der Waals surface area contributed by atoms with Crippen molar-refractivity contribution in [3.8, 4) is 0 Å². The topological polar surface area (TPSA) is 56.2 Å². The Hall–Kier alpha value is -2.06. The van der Waals surface area contributed by atoms with Crippen LogP contribution in [0.2, 0.25) is 5.02 Å². The summed E-state index contributed by atoms with van der Waals surface area (Å²) in [6.45, 7) is 0.517. The molecule has 0 saturated heterocycles. The molecular weight excluding hydrogens is 359 g/mol. The number of carbonyl (C=O) groups excluding carboxylic acids is 1. The van der Waals surface area contributed by atoms with E-state index in [9.17, 15) is 18.0 Å². The maximum atomic E-state index is 13.1. The number of alkyl halides is 3. The zero-order valence-electron chi connectivity index (χ0n) is 13.1. The van der Waals surface area contributed by atoms with Crippen LogP contribution in [0.3, 0.4) is 0 Å². The smallest absolute Gasteiger partial charge is 0.376 e. The highest BCUT2D eigenvalue weighted by molar-refractivity contribution is 6.33. The molecule has 2 aromatic rings. The van der Waals surface area contributed by atoms with Gasteiger partial charge in [0.05, 0.1) is 30.3 Å². The van der Waals surface area contributed by atoms with Crippen molar-refractivity contribution >= 4 is 17.5 Å². The number of benzene rings is 1. The molecule has 0 saturated carbocycles. The van der Waals surface area contributed by atoms with E-state index < -0.39 is 11.9 Å². The second-order valence-electron chi connectivity index (χ2n) is 5.53. The lowest BCUT2D eigenvalue weighted by Crippen LogP contribution is -2.28. The number of ether oxygens (including phenoxy) is 1. The monoisotopic (exact) mass is 373 g/mol. The highest BCUT2D eigenvalue weighted by Gasteiger charge is 2.39. The molecule has 3 rings (SSSR count). The first-order valence-electron chi connectivity index (χ1n) is 7.64. The van der Waals surface area contributed by atoms with Gasteiger partial charge in [-0.25, -0.2) is 0 Å². The molecule has 0 spiro atoms. The zero-order chi connectivity index (χ0) is 18.0. The maximum absolute atomic E-state index is 13.1. The third kappa shape index (κ3) is 3.80. The average Bonchev–Trinajstić information content (AvgIpc) is 2.94. The molecule has 134 valence electrons. The van der Waals surface area contributed by atoms with Gasteiger partial charge in [0.25, 0.3) is 5.91 Å². The Balaban J connectivity index is 1.71. The maximum Gasteiger partial charge on any atom is 0.435 e. The van der Waals surface area contributed by atoms with Crippen molar-refractivity contribution in [2.75, 3.05) is 13.2 Å². The number of rotatable bonds is 4. The predicted molar refractivity (Wildman–Crippen MR) is 84.4 cm³/mol. The van der Waals surface area contributed by atoms with Crippen LogP contribution in [0.25, 0.3) is 0 Å². The van der Waals surface area contributed by atoms with E-state index in [2.05, 4.69) is 10.4 Å². The fourth-order valence-corrected chi connectivity index (χ4v) is 2.96. The Morgan fingerprint density at radius 1 is 1.36 bits per heavy atom. The number of hydrogen-bond acceptors (Lipinski definition) is 3. The van der Waals surface area contributed by atoms with Gasteiger partial charge in [-0.15, -0.1) is 0 Å². The molecule has 9 heteroatoms. The minimum atomic E-state index is -4.53. The van der Waals surface area contributed by atoms with Gasteiger partial charge < -0.3 is 10.1 Å². The third-order valence-corrected chi connectivity index (χ3v) is 4.22. The van der Waals surface area contributed by atoms with Crippen molar-refractivity contribution in [3.05, 3.63) is 51.8 Å². The van der Waals surface area contributed by atoms with Crippen LogP contribution in [0.15, 0.2) is 24.3 Å². The van der Waals surface area contributed by atoms with Crippen molar-refractivity contribution in [2.45, 2.75) is 25.7 Å². The van der Waals surface area contributed by atoms with Crippen LogP contribution >= 0.6 is 11.6 Å². The van der Waals surface area contributed by atoms with Crippen LogP contribution in [-0.2, 0) is 30.5 Å². The fraction of sp³-hybridized carbons (Fsp3) is 0.375. The van der Waals surface area contributed by atoms with E-state index in [-0.39, 0.29) is 31.2 Å². The molecule has 0 aliphatic carbocycles. The SMILES string of the molecule is O=C(NCCn1nc(C(F)(F)F)c2c1CCOC2)c1ccccc1Cl. The molecule has 0 bridgehead atoms. The molecule has 5 nitrogen and oxygen atoms in total. The number of fused-ring (bicyclic) bond motifs is 1. The summed E-state index contributed by atoms with van der Waals surface area (Å²) in [7, 11) is 0. The van der Waals surface area contributed by atoms with E-state index >= 15 is 0 Å². The van der Waals surface area contributed by atoms with E-state index in [1.807, 2.05) is 0 Å². The van der Waals surface area contributed by atoms with Gasteiger partial charge in [0.15, 0.2) is 5.69 Å². The Kier molecular flexibility index (Phi) is 5.01. The van der Waals surface area contributed by atoms with Gasteiger partial charge in [0.2, 0.25) is 0 Å². The number of nitrogens with zero attached hydrogens (tertiary/aromatic N) is 2. The molecule has 0 radical (unpaired) electrons. The Morgan fingerprint density at radius 3 is 2.84 bits per heavy atom. The van der Waals surface area contributed by atoms with Gasteiger partial charge in [0, 0.05) is 24.2 Å². The van der Waals surface area contributed by atoms with Crippen molar-refractivity contribution in [1.29, 1.82) is 0 Å². The number of nitrogens with one attached hydrogen (secondary N) is 1. The van der Waals surface area contributed by atoms with E-state index in [4.69, 9.17) is 16.3 Å². The lowest BCUT2D eigenvalue weighted by atomic mass is 10.1. The summed E-state index contributed by atoms with van der Waals surface area (Å²) in [5.74, 6) is -0.383. The summed E-state index contributed by atoms with van der Waals surface area (Å²) < 4.78 is 45.7. The molecule has 25 heavy (non-hydrogen) atoms. The number of aromatic nitrogens is 2. The molecular formula is C16H15ClF3N3O2. The van der Waals surface area contributed by atoms with Crippen LogP contribution in [0.5, 0.6) is 0 Å². The van der Waals surface area contributed by atoms with Gasteiger partial charge in [-0.1, -0.05) is 23.7 Å². The summed E-state index contributed by atoms with van der Waals surface area (Å²) in [5, 5.41) is 6.64. The number of carbonyl (C=O) groups is 1. The second kappa shape index (κ2) is 7.05. The average molecular weight is 374 g/mol. The third-order valence-electron chi connectivity index (χ3n) is 3.89. The Morgan fingerprint density at radius 2 is 2.12 bits per heavy atom. The first-order chi connectivity index (χ1) is 11.9. The molecule has 0 atom stereocenters. The highest BCUT2D eigenvalue weighted by Crippen LogP contribution is 2.34. The molecule has 1 aromatic heterocycles. The number of amides is 1. The molecule has 0 fully saturated rings. The van der Waals surface area contributed by atoms with Crippen molar-refractivity contribution in [2.24, 2.45) is 0 Å². The normalized spacial score (nSPS) is 14.2. The summed E-state index contributed by atoms with van der Waals surface area (Å²) in [4.78, 5) is 12.1. The van der Waals surface area contributed by atoms with Gasteiger partial charge in [-0.3, -0.25) is 9.48 Å². The fourth-order valence-electron chi connectivity index (χ4n) is 2.74. The van der Waals surface area contributed by atoms with E-state index in [0.29, 0.717) is 29.3 Å². The summed E-state index contributed by atoms with van der Waals surface area (Å²) in [5.41, 5.74) is -0.0163. The highest BCUT2D eigenvalue weighted by atomic mass is 35.5. The van der Waals surface area contributed by atoms with Gasteiger partial charge in [-0.05, 0) is 12.1 Å². The van der Waals surface area contributed by atoms with E-state index in [1.54, 1.807) is 24.3 Å². The lowest BCUT2D eigenvalue weighted by molar-refractivity contribution is -0.142. The van der Waals surface area contributed by atoms with Crippen molar-refractivity contribution < 1.29 is 22.7 Å².